The van der Waals surface area contributed by atoms with Crippen LogP contribution >= 0.6 is 0 Å². The Hall–Kier alpha value is -1.25. The molecule has 0 N–H and O–H groups in total. The first-order valence-electron chi connectivity index (χ1n) is 4.15. The van der Waals surface area contributed by atoms with Gasteiger partial charge in [-0.3, -0.25) is 4.79 Å². The lowest BCUT2D eigenvalue weighted by atomic mass is 10.2. The van der Waals surface area contributed by atoms with Crippen molar-refractivity contribution >= 4 is 5.91 Å². The maximum absolute atomic E-state index is 11.3. The van der Waals surface area contributed by atoms with Crippen LogP contribution in [0, 0.1) is 0 Å². The summed E-state index contributed by atoms with van der Waals surface area (Å²) in [6.07, 6.45) is 8.84. The minimum Gasteiger partial charge on any atom is -0.354 e. The van der Waals surface area contributed by atoms with Gasteiger partial charge in [-0.1, -0.05) is 6.08 Å². The molecule has 0 aromatic carbocycles. The highest BCUT2D eigenvalue weighted by atomic mass is 16.2. The van der Waals surface area contributed by atoms with Crippen molar-refractivity contribution in [1.29, 1.82) is 0 Å². The first-order chi connectivity index (χ1) is 5.79. The third kappa shape index (κ3) is 1.02. The molecule has 3 heteroatoms. The van der Waals surface area contributed by atoms with Gasteiger partial charge in [-0.15, -0.1) is 0 Å². The highest BCUT2D eigenvalue weighted by Gasteiger charge is 2.27. The molecule has 2 aliphatic heterocycles. The van der Waals surface area contributed by atoms with E-state index in [2.05, 4.69) is 4.90 Å². The lowest BCUT2D eigenvalue weighted by Crippen LogP contribution is -2.51. The van der Waals surface area contributed by atoms with Gasteiger partial charge in [0.1, 0.15) is 6.17 Å². The summed E-state index contributed by atoms with van der Waals surface area (Å²) in [5.41, 5.74) is 0. The zero-order valence-electron chi connectivity index (χ0n) is 7.10. The summed E-state index contributed by atoms with van der Waals surface area (Å²) in [5, 5.41) is 0. The zero-order valence-corrected chi connectivity index (χ0v) is 7.10. The second kappa shape index (κ2) is 2.66. The second-order valence-electron chi connectivity index (χ2n) is 3.13. The number of likely N-dealkylation sites (N-methyl/N-ethyl adjacent to an activating group) is 1. The number of nitrogens with zero attached hydrogens (tertiary/aromatic N) is 2. The SMILES string of the molecule is CN1C(=O)CCN2C=CC=CC21. The monoisotopic (exact) mass is 164 g/mol. The third-order valence-electron chi connectivity index (χ3n) is 2.39. The van der Waals surface area contributed by atoms with E-state index in [0.717, 1.165) is 6.54 Å². The molecule has 1 unspecified atom stereocenters. The van der Waals surface area contributed by atoms with Gasteiger partial charge in [-0.2, -0.15) is 0 Å². The van der Waals surface area contributed by atoms with Gasteiger partial charge in [-0.25, -0.2) is 0 Å². The van der Waals surface area contributed by atoms with Crippen molar-refractivity contribution in [2.45, 2.75) is 12.6 Å². The summed E-state index contributed by atoms with van der Waals surface area (Å²) in [6.45, 7) is 0.842. The van der Waals surface area contributed by atoms with Gasteiger partial charge >= 0.3 is 0 Å². The van der Waals surface area contributed by atoms with Crippen LogP contribution in [0.1, 0.15) is 6.42 Å². The topological polar surface area (TPSA) is 23.6 Å². The molecule has 0 spiro atoms. The average Bonchev–Trinajstić information content (AvgIpc) is 2.12. The number of amides is 1. The van der Waals surface area contributed by atoms with Crippen LogP contribution in [-0.2, 0) is 4.79 Å². The van der Waals surface area contributed by atoms with Crippen molar-refractivity contribution < 1.29 is 4.79 Å². The Bertz CT molecular complexity index is 255. The van der Waals surface area contributed by atoms with Crippen LogP contribution in [0.5, 0.6) is 0 Å². The summed E-state index contributed by atoms with van der Waals surface area (Å²) in [6, 6.07) is 0. The number of hydrogen-bond donors (Lipinski definition) is 0. The average molecular weight is 164 g/mol. The third-order valence-corrected chi connectivity index (χ3v) is 2.39. The highest BCUT2D eigenvalue weighted by molar-refractivity contribution is 5.77. The molecule has 12 heavy (non-hydrogen) atoms. The van der Waals surface area contributed by atoms with E-state index < -0.39 is 0 Å². The van der Waals surface area contributed by atoms with Gasteiger partial charge in [-0.05, 0) is 12.2 Å². The summed E-state index contributed by atoms with van der Waals surface area (Å²) < 4.78 is 0. The van der Waals surface area contributed by atoms with Crippen molar-refractivity contribution in [2.75, 3.05) is 13.6 Å². The summed E-state index contributed by atoms with van der Waals surface area (Å²) >= 11 is 0. The lowest BCUT2D eigenvalue weighted by Gasteiger charge is -2.40. The molecule has 2 heterocycles. The van der Waals surface area contributed by atoms with Crippen LogP contribution in [0.3, 0.4) is 0 Å². The van der Waals surface area contributed by atoms with E-state index in [1.807, 2.05) is 31.5 Å². The van der Waals surface area contributed by atoms with Gasteiger partial charge in [0, 0.05) is 26.2 Å². The van der Waals surface area contributed by atoms with Crippen molar-refractivity contribution in [3.8, 4) is 0 Å². The number of allylic oxidation sites excluding steroid dienone is 2. The predicted octanol–water partition coefficient (Wildman–Crippen LogP) is 0.560. The normalized spacial score (nSPS) is 27.8. The van der Waals surface area contributed by atoms with Crippen LogP contribution in [0.15, 0.2) is 24.4 Å². The molecule has 0 bridgehead atoms. The Labute approximate surface area is 71.9 Å². The fourth-order valence-electron chi connectivity index (χ4n) is 1.63. The molecule has 2 rings (SSSR count). The minimum absolute atomic E-state index is 0.149. The zero-order chi connectivity index (χ0) is 8.55. The number of carbonyl (C=O) groups excluding carboxylic acids is 1. The summed E-state index contributed by atoms with van der Waals surface area (Å²) in [5.74, 6) is 0.233. The molecule has 1 amide bonds. The molecule has 1 atom stereocenters. The summed E-state index contributed by atoms with van der Waals surface area (Å²) in [4.78, 5) is 15.2. The van der Waals surface area contributed by atoms with Crippen LogP contribution in [0.25, 0.3) is 0 Å². The van der Waals surface area contributed by atoms with Gasteiger partial charge in [0.25, 0.3) is 0 Å². The Balaban J connectivity index is 2.21. The molecule has 0 aromatic heterocycles. The van der Waals surface area contributed by atoms with Gasteiger partial charge in [0.05, 0.1) is 0 Å². The molecule has 0 saturated carbocycles. The van der Waals surface area contributed by atoms with E-state index in [1.54, 1.807) is 4.90 Å². The first kappa shape index (κ1) is 7.40. The molecule has 2 aliphatic rings. The number of carbonyl (C=O) groups is 1. The molecule has 0 radical (unpaired) electrons. The molecular weight excluding hydrogens is 152 g/mol. The van der Waals surface area contributed by atoms with E-state index in [0.29, 0.717) is 6.42 Å². The molecule has 0 aromatic rings. The van der Waals surface area contributed by atoms with Gasteiger partial charge in [0.2, 0.25) is 5.91 Å². The number of rotatable bonds is 0. The highest BCUT2D eigenvalue weighted by Crippen LogP contribution is 2.17. The van der Waals surface area contributed by atoms with E-state index >= 15 is 0 Å². The molecule has 64 valence electrons. The van der Waals surface area contributed by atoms with Crippen molar-refractivity contribution in [1.82, 2.24) is 9.80 Å². The molecule has 0 aliphatic carbocycles. The number of hydrogen-bond acceptors (Lipinski definition) is 2. The largest absolute Gasteiger partial charge is 0.354 e. The fraction of sp³-hybridized carbons (Fsp3) is 0.444. The molecule has 1 saturated heterocycles. The predicted molar refractivity (Wildman–Crippen MR) is 46.2 cm³/mol. The van der Waals surface area contributed by atoms with E-state index in [4.69, 9.17) is 0 Å². The minimum atomic E-state index is 0.149. The Morgan fingerprint density at radius 3 is 3.17 bits per heavy atom. The van der Waals surface area contributed by atoms with Crippen molar-refractivity contribution in [3.05, 3.63) is 24.4 Å². The Morgan fingerprint density at radius 1 is 1.50 bits per heavy atom. The Kier molecular flexibility index (Phi) is 1.64. The standard InChI is InChI=1S/C9H12N2O/c1-10-8-4-2-3-6-11(8)7-5-9(10)12/h2-4,6,8H,5,7H2,1H3. The maximum atomic E-state index is 11.3. The van der Waals surface area contributed by atoms with E-state index in [1.165, 1.54) is 0 Å². The van der Waals surface area contributed by atoms with Crippen molar-refractivity contribution in [2.24, 2.45) is 0 Å². The first-order valence-corrected chi connectivity index (χ1v) is 4.15. The Morgan fingerprint density at radius 2 is 2.33 bits per heavy atom. The summed E-state index contributed by atoms with van der Waals surface area (Å²) in [7, 11) is 1.85. The molecule has 3 nitrogen and oxygen atoms in total. The molecule has 1 fully saturated rings. The van der Waals surface area contributed by atoms with E-state index in [-0.39, 0.29) is 12.1 Å². The molecular formula is C9H12N2O. The number of fused-ring (bicyclic) bond motifs is 1. The van der Waals surface area contributed by atoms with Crippen LogP contribution in [0.2, 0.25) is 0 Å². The van der Waals surface area contributed by atoms with Crippen LogP contribution < -0.4 is 0 Å². The van der Waals surface area contributed by atoms with Crippen LogP contribution in [0.4, 0.5) is 0 Å². The lowest BCUT2D eigenvalue weighted by molar-refractivity contribution is -0.137. The van der Waals surface area contributed by atoms with Gasteiger partial charge < -0.3 is 9.80 Å². The smallest absolute Gasteiger partial charge is 0.225 e. The van der Waals surface area contributed by atoms with E-state index in [9.17, 15) is 4.79 Å². The maximum Gasteiger partial charge on any atom is 0.225 e. The van der Waals surface area contributed by atoms with Gasteiger partial charge in [0.15, 0.2) is 0 Å². The quantitative estimate of drug-likeness (QED) is 0.522. The second-order valence-corrected chi connectivity index (χ2v) is 3.13. The fourth-order valence-corrected chi connectivity index (χ4v) is 1.63. The van der Waals surface area contributed by atoms with Crippen molar-refractivity contribution in [3.63, 3.8) is 0 Å². The van der Waals surface area contributed by atoms with Crippen LogP contribution in [-0.4, -0.2) is 35.5 Å².